The SMILES string of the molecule is C[C@H](CC[C@@H](O)C(C)(C)O)[C@H]1[C@@H](O[C@@H]2O[C@H](CO[C@@H]3O[C@@H](C)[C@H](O)[C@@H](O)[C@H]3O)[C@@H](O)[C@H](O)[C@H]2O)C[C@@]2(C)[C@@H]3CCC4[C@@]5(CC[C@H](O[C@@H]6OC[C@@H](O)[C@H](O)[C@H]6O)[C@]4(C)CO)C[C@@]35CC[C@]12C. The van der Waals surface area contributed by atoms with E-state index in [1.54, 1.807) is 13.8 Å². The fourth-order valence-corrected chi connectivity index (χ4v) is 15.5. The number of aliphatic hydroxyl groups excluding tert-OH is 11. The maximum Gasteiger partial charge on any atom is 0.186 e. The summed E-state index contributed by atoms with van der Waals surface area (Å²) >= 11 is 0. The van der Waals surface area contributed by atoms with Crippen molar-refractivity contribution in [3.8, 4) is 0 Å². The van der Waals surface area contributed by atoms with Gasteiger partial charge in [0.1, 0.15) is 61.0 Å². The average molecular weight is 933 g/mol. The van der Waals surface area contributed by atoms with Crippen LogP contribution in [0.1, 0.15) is 113 Å². The molecule has 0 aromatic carbocycles. The van der Waals surface area contributed by atoms with Gasteiger partial charge < -0.3 is 89.7 Å². The molecule has 0 bridgehead atoms. The number of hydrogen-bond donors (Lipinski definition) is 12. The van der Waals surface area contributed by atoms with Crippen LogP contribution >= 0.6 is 0 Å². The molecule has 1 unspecified atom stereocenters. The second-order valence-electron chi connectivity index (χ2n) is 23.2. The summed E-state index contributed by atoms with van der Waals surface area (Å²) in [4.78, 5) is 0. The van der Waals surface area contributed by atoms with E-state index in [4.69, 9.17) is 28.4 Å². The lowest BCUT2D eigenvalue weighted by Gasteiger charge is -2.63. The molecule has 5 saturated carbocycles. The molecule has 2 spiro atoms. The van der Waals surface area contributed by atoms with Gasteiger partial charge in [0.05, 0.1) is 49.8 Å². The summed E-state index contributed by atoms with van der Waals surface area (Å²) in [7, 11) is 0. The number of ether oxygens (including phenoxy) is 6. The van der Waals surface area contributed by atoms with E-state index in [0.29, 0.717) is 25.7 Å². The first-order valence-electron chi connectivity index (χ1n) is 24.3. The predicted octanol–water partition coefficient (Wildman–Crippen LogP) is -0.583. The van der Waals surface area contributed by atoms with Crippen LogP contribution in [0, 0.1) is 50.7 Å². The fraction of sp³-hybridized carbons (Fsp3) is 1.00. The highest BCUT2D eigenvalue weighted by Crippen LogP contribution is 2.89. The molecule has 26 atom stereocenters. The predicted molar refractivity (Wildman–Crippen MR) is 227 cm³/mol. The third kappa shape index (κ3) is 8.01. The summed E-state index contributed by atoms with van der Waals surface area (Å²) < 4.78 is 36.6. The molecule has 8 rings (SSSR count). The van der Waals surface area contributed by atoms with Crippen LogP contribution in [0.5, 0.6) is 0 Å². The minimum Gasteiger partial charge on any atom is -0.396 e. The molecule has 8 fully saturated rings. The first-order valence-corrected chi connectivity index (χ1v) is 24.3. The number of aliphatic hydroxyl groups is 12. The summed E-state index contributed by atoms with van der Waals surface area (Å²) in [6, 6.07) is 0. The fourth-order valence-electron chi connectivity index (χ4n) is 15.5. The first-order chi connectivity index (χ1) is 30.3. The van der Waals surface area contributed by atoms with E-state index in [1.807, 2.05) is 0 Å². The molecule has 3 aliphatic heterocycles. The van der Waals surface area contributed by atoms with Crippen LogP contribution in [0.3, 0.4) is 0 Å². The van der Waals surface area contributed by atoms with E-state index >= 15 is 0 Å². The van der Waals surface area contributed by atoms with Crippen LogP contribution in [0.15, 0.2) is 0 Å². The molecule has 18 nitrogen and oxygen atoms in total. The van der Waals surface area contributed by atoms with Crippen LogP contribution in [-0.2, 0) is 28.4 Å². The molecule has 12 N–H and O–H groups in total. The van der Waals surface area contributed by atoms with Gasteiger partial charge in [-0.15, -0.1) is 0 Å². The molecule has 8 aliphatic rings. The summed E-state index contributed by atoms with van der Waals surface area (Å²) in [5.41, 5.74) is -2.66. The van der Waals surface area contributed by atoms with Gasteiger partial charge >= 0.3 is 0 Å². The Labute approximate surface area is 382 Å². The summed E-state index contributed by atoms with van der Waals surface area (Å²) in [6.45, 7) is 12.9. The molecule has 376 valence electrons. The van der Waals surface area contributed by atoms with Crippen LogP contribution < -0.4 is 0 Å². The number of hydrogen-bond acceptors (Lipinski definition) is 18. The van der Waals surface area contributed by atoms with Gasteiger partial charge in [-0.1, -0.05) is 27.7 Å². The van der Waals surface area contributed by atoms with Gasteiger partial charge in [-0.2, -0.15) is 0 Å². The smallest absolute Gasteiger partial charge is 0.186 e. The minimum absolute atomic E-state index is 0.0248. The standard InChI is InChI=1S/C47H80O18/c1-21(8-11-28(50)42(3,4)59)30-24(63-41-38(58)35(55)33(53)25(64-41)18-61-39-37(57)34(54)31(51)22(2)62-39)16-45(7)27-10-9-26-43(5,20-48)29(65-40-36(56)32(52)23(49)17-60-40)12-13-46(26)19-47(27,46)15-14-44(30,45)6/h21-41,48-59H,8-20H2,1-7H3/t21-,22+,23-,24+,25-,26?,27+,28-,29+,30+,31+,32+,33-,34-,35+,36-,37-,38-,39-,40+,41-,43-,44-,45+,46-,47+/m1/s1. The Bertz CT molecular complexity index is 1670. The highest BCUT2D eigenvalue weighted by Gasteiger charge is 2.83. The molecule has 18 heteroatoms. The van der Waals surface area contributed by atoms with E-state index in [-0.39, 0.29) is 58.5 Å². The van der Waals surface area contributed by atoms with Crippen LogP contribution in [0.2, 0.25) is 0 Å². The van der Waals surface area contributed by atoms with Gasteiger partial charge in [0.15, 0.2) is 18.9 Å². The molecule has 0 radical (unpaired) electrons. The van der Waals surface area contributed by atoms with E-state index in [9.17, 15) is 61.3 Å². The van der Waals surface area contributed by atoms with Crippen molar-refractivity contribution >= 4 is 0 Å². The molecule has 0 aromatic heterocycles. The monoisotopic (exact) mass is 933 g/mol. The van der Waals surface area contributed by atoms with E-state index in [1.165, 1.54) is 6.92 Å². The summed E-state index contributed by atoms with van der Waals surface area (Å²) in [5, 5.41) is 129. The average Bonchev–Trinajstić information content (AvgIpc) is 3.86. The van der Waals surface area contributed by atoms with Crippen LogP contribution in [-0.4, -0.2) is 191 Å². The Kier molecular flexibility index (Phi) is 13.9. The Morgan fingerprint density at radius 3 is 2.00 bits per heavy atom. The van der Waals surface area contributed by atoms with Crippen molar-refractivity contribution in [2.24, 2.45) is 50.7 Å². The van der Waals surface area contributed by atoms with Crippen molar-refractivity contribution in [1.29, 1.82) is 0 Å². The number of fused-ring (bicyclic) bond motifs is 2. The highest BCUT2D eigenvalue weighted by atomic mass is 16.7. The van der Waals surface area contributed by atoms with Crippen LogP contribution in [0.25, 0.3) is 0 Å². The lowest BCUT2D eigenvalue weighted by Crippen LogP contribution is -2.61. The van der Waals surface area contributed by atoms with Gasteiger partial charge in [0.2, 0.25) is 0 Å². The highest BCUT2D eigenvalue weighted by molar-refractivity contribution is 5.31. The second-order valence-corrected chi connectivity index (χ2v) is 23.2. The van der Waals surface area contributed by atoms with Crippen molar-refractivity contribution in [1.82, 2.24) is 0 Å². The zero-order chi connectivity index (χ0) is 47.6. The van der Waals surface area contributed by atoms with E-state index < -0.39 is 122 Å². The topological polar surface area (TPSA) is 298 Å². The quantitative estimate of drug-likeness (QED) is 0.103. The largest absolute Gasteiger partial charge is 0.396 e. The minimum atomic E-state index is -1.69. The van der Waals surface area contributed by atoms with Crippen molar-refractivity contribution in [3.05, 3.63) is 0 Å². The van der Waals surface area contributed by atoms with Crippen molar-refractivity contribution < 1.29 is 89.7 Å². The molecule has 5 aliphatic carbocycles. The Morgan fingerprint density at radius 1 is 0.692 bits per heavy atom. The molecule has 3 heterocycles. The lowest BCUT2D eigenvalue weighted by atomic mass is 9.41. The number of rotatable bonds is 13. The summed E-state index contributed by atoms with van der Waals surface area (Å²) in [6.07, 6.45) is -13.9. The van der Waals surface area contributed by atoms with E-state index in [0.717, 1.165) is 38.5 Å². The second kappa shape index (κ2) is 17.8. The first kappa shape index (κ1) is 50.7. The molecule has 65 heavy (non-hydrogen) atoms. The Balaban J connectivity index is 1.04. The third-order valence-corrected chi connectivity index (χ3v) is 19.5. The van der Waals surface area contributed by atoms with Gasteiger partial charge in [-0.3, -0.25) is 0 Å². The Morgan fingerprint density at radius 2 is 1.32 bits per heavy atom. The maximum atomic E-state index is 11.5. The van der Waals surface area contributed by atoms with Gasteiger partial charge in [-0.05, 0) is 130 Å². The van der Waals surface area contributed by atoms with Crippen molar-refractivity contribution in [3.63, 3.8) is 0 Å². The lowest BCUT2D eigenvalue weighted by molar-refractivity contribution is -0.335. The zero-order valence-corrected chi connectivity index (χ0v) is 39.1. The summed E-state index contributed by atoms with van der Waals surface area (Å²) in [5.74, 6) is 0.220. The van der Waals surface area contributed by atoms with E-state index in [2.05, 4.69) is 27.7 Å². The maximum absolute atomic E-state index is 11.5. The van der Waals surface area contributed by atoms with Gasteiger partial charge in [-0.25, -0.2) is 0 Å². The molecular formula is C47H80O18. The third-order valence-electron chi connectivity index (χ3n) is 19.5. The van der Waals surface area contributed by atoms with Crippen molar-refractivity contribution in [2.45, 2.75) is 223 Å². The zero-order valence-electron chi connectivity index (χ0n) is 39.1. The van der Waals surface area contributed by atoms with Crippen molar-refractivity contribution in [2.75, 3.05) is 19.8 Å². The molecular weight excluding hydrogens is 852 g/mol. The Hall–Kier alpha value is -0.720. The van der Waals surface area contributed by atoms with Crippen LogP contribution in [0.4, 0.5) is 0 Å². The van der Waals surface area contributed by atoms with Gasteiger partial charge in [0.25, 0.3) is 0 Å². The normalized spacial score (nSPS) is 55.3. The molecule has 0 aromatic rings. The van der Waals surface area contributed by atoms with Gasteiger partial charge in [0, 0.05) is 5.41 Å². The molecule has 3 saturated heterocycles. The molecule has 0 amide bonds.